The Hall–Kier alpha value is -3.48. The van der Waals surface area contributed by atoms with E-state index in [2.05, 4.69) is 0 Å². The van der Waals surface area contributed by atoms with Crippen molar-refractivity contribution in [2.24, 2.45) is 0 Å². The van der Waals surface area contributed by atoms with E-state index in [1.807, 2.05) is 13.0 Å². The van der Waals surface area contributed by atoms with Crippen LogP contribution >= 0.6 is 0 Å². The van der Waals surface area contributed by atoms with Crippen molar-refractivity contribution in [1.29, 1.82) is 0 Å². The minimum absolute atomic E-state index is 0.0325. The van der Waals surface area contributed by atoms with E-state index in [0.717, 1.165) is 0 Å². The summed E-state index contributed by atoms with van der Waals surface area (Å²) in [5.74, 6) is -0.159. The van der Waals surface area contributed by atoms with Gasteiger partial charge in [0, 0.05) is 5.39 Å². The standard InChI is InChI=1S/C22H22O7/c1-4-26-18-11-10-14(12-19(18)25-3)21(23)28-13-16-15-8-6-7-9-17(15)29-20(16)22(24)27-5-2/h6-12H,4-5,13H2,1-3H3. The van der Waals surface area contributed by atoms with Gasteiger partial charge >= 0.3 is 11.9 Å². The molecule has 0 saturated carbocycles. The van der Waals surface area contributed by atoms with E-state index in [9.17, 15) is 9.59 Å². The van der Waals surface area contributed by atoms with Gasteiger partial charge in [0.25, 0.3) is 0 Å². The first-order valence-corrected chi connectivity index (χ1v) is 9.24. The van der Waals surface area contributed by atoms with Crippen molar-refractivity contribution in [2.45, 2.75) is 20.5 Å². The molecule has 2 aromatic carbocycles. The summed E-state index contributed by atoms with van der Waals surface area (Å²) in [6, 6.07) is 11.9. The summed E-state index contributed by atoms with van der Waals surface area (Å²) in [6.07, 6.45) is 0. The third-order valence-corrected chi connectivity index (χ3v) is 4.21. The number of furan rings is 1. The molecule has 29 heavy (non-hydrogen) atoms. The molecule has 0 atom stereocenters. The van der Waals surface area contributed by atoms with Gasteiger partial charge in [0.15, 0.2) is 11.5 Å². The highest BCUT2D eigenvalue weighted by Crippen LogP contribution is 2.30. The Bertz CT molecular complexity index is 1020. The molecule has 7 nitrogen and oxygen atoms in total. The molecule has 0 amide bonds. The minimum Gasteiger partial charge on any atom is -0.493 e. The Morgan fingerprint density at radius 1 is 0.931 bits per heavy atom. The molecule has 1 heterocycles. The molecule has 0 saturated heterocycles. The van der Waals surface area contributed by atoms with Crippen LogP contribution in [0, 0.1) is 0 Å². The van der Waals surface area contributed by atoms with Crippen LogP contribution in [-0.4, -0.2) is 32.3 Å². The van der Waals surface area contributed by atoms with Gasteiger partial charge in [-0.3, -0.25) is 0 Å². The monoisotopic (exact) mass is 398 g/mol. The third kappa shape index (κ3) is 4.34. The van der Waals surface area contributed by atoms with E-state index in [4.69, 9.17) is 23.4 Å². The lowest BCUT2D eigenvalue weighted by Gasteiger charge is -2.11. The van der Waals surface area contributed by atoms with Gasteiger partial charge in [-0.2, -0.15) is 0 Å². The zero-order chi connectivity index (χ0) is 20.8. The molecule has 0 unspecified atom stereocenters. The number of fused-ring (bicyclic) bond motifs is 1. The van der Waals surface area contributed by atoms with Crippen LogP contribution in [0.1, 0.15) is 40.3 Å². The highest BCUT2D eigenvalue weighted by molar-refractivity contribution is 5.96. The lowest BCUT2D eigenvalue weighted by atomic mass is 10.1. The Labute approximate surface area is 168 Å². The fourth-order valence-corrected chi connectivity index (χ4v) is 2.89. The quantitative estimate of drug-likeness (QED) is 0.521. The maximum atomic E-state index is 12.6. The molecule has 0 radical (unpaired) electrons. The van der Waals surface area contributed by atoms with E-state index >= 15 is 0 Å². The lowest BCUT2D eigenvalue weighted by molar-refractivity contribution is 0.0435. The number of para-hydroxylation sites is 1. The van der Waals surface area contributed by atoms with Gasteiger partial charge in [0.1, 0.15) is 12.2 Å². The van der Waals surface area contributed by atoms with Crippen molar-refractivity contribution >= 4 is 22.9 Å². The third-order valence-electron chi connectivity index (χ3n) is 4.21. The Morgan fingerprint density at radius 2 is 1.72 bits per heavy atom. The van der Waals surface area contributed by atoms with Crippen molar-refractivity contribution in [2.75, 3.05) is 20.3 Å². The zero-order valence-electron chi connectivity index (χ0n) is 16.5. The Balaban J connectivity index is 1.84. The molecule has 1 aromatic heterocycles. The molecule has 3 aromatic rings. The molecule has 152 valence electrons. The van der Waals surface area contributed by atoms with E-state index in [1.54, 1.807) is 43.3 Å². The van der Waals surface area contributed by atoms with Crippen LogP contribution in [0.15, 0.2) is 46.9 Å². The largest absolute Gasteiger partial charge is 0.493 e. The fourth-order valence-electron chi connectivity index (χ4n) is 2.89. The average Bonchev–Trinajstić information content (AvgIpc) is 3.11. The van der Waals surface area contributed by atoms with Crippen molar-refractivity contribution in [3.8, 4) is 11.5 Å². The van der Waals surface area contributed by atoms with Crippen LogP contribution < -0.4 is 9.47 Å². The van der Waals surface area contributed by atoms with E-state index in [1.165, 1.54) is 7.11 Å². The van der Waals surface area contributed by atoms with Gasteiger partial charge in [0.05, 0.1) is 31.5 Å². The van der Waals surface area contributed by atoms with Crippen LogP contribution in [-0.2, 0) is 16.1 Å². The van der Waals surface area contributed by atoms with Gasteiger partial charge in [-0.25, -0.2) is 9.59 Å². The lowest BCUT2D eigenvalue weighted by Crippen LogP contribution is -2.10. The number of ether oxygens (including phenoxy) is 4. The number of hydrogen-bond acceptors (Lipinski definition) is 7. The molecule has 0 N–H and O–H groups in total. The molecule has 3 rings (SSSR count). The first-order chi connectivity index (χ1) is 14.1. The van der Waals surface area contributed by atoms with Crippen LogP contribution in [0.4, 0.5) is 0 Å². The summed E-state index contributed by atoms with van der Waals surface area (Å²) in [5, 5.41) is 0.688. The summed E-state index contributed by atoms with van der Waals surface area (Å²) < 4.78 is 26.8. The molecule has 0 fully saturated rings. The summed E-state index contributed by atoms with van der Waals surface area (Å²) >= 11 is 0. The molecule has 7 heteroatoms. The number of benzene rings is 2. The number of rotatable bonds is 8. The predicted octanol–water partition coefficient (Wildman–Crippen LogP) is 4.37. The Kier molecular flexibility index (Phi) is 6.39. The van der Waals surface area contributed by atoms with Crippen molar-refractivity contribution in [3.63, 3.8) is 0 Å². The molecule has 0 aliphatic heterocycles. The van der Waals surface area contributed by atoms with Crippen molar-refractivity contribution in [3.05, 3.63) is 59.4 Å². The number of carbonyl (C=O) groups is 2. The average molecular weight is 398 g/mol. The zero-order valence-corrected chi connectivity index (χ0v) is 16.5. The second-order valence-corrected chi connectivity index (χ2v) is 6.00. The van der Waals surface area contributed by atoms with Gasteiger partial charge in [-0.1, -0.05) is 18.2 Å². The van der Waals surface area contributed by atoms with E-state index in [-0.39, 0.29) is 19.0 Å². The van der Waals surface area contributed by atoms with Crippen LogP contribution in [0.5, 0.6) is 11.5 Å². The molecule has 0 aliphatic rings. The topological polar surface area (TPSA) is 84.2 Å². The summed E-state index contributed by atoms with van der Waals surface area (Å²) in [4.78, 5) is 24.8. The molecular formula is C22H22O7. The predicted molar refractivity (Wildman–Crippen MR) is 105 cm³/mol. The Morgan fingerprint density at radius 3 is 2.45 bits per heavy atom. The second kappa shape index (κ2) is 9.14. The van der Waals surface area contributed by atoms with Gasteiger partial charge in [-0.05, 0) is 38.1 Å². The smallest absolute Gasteiger partial charge is 0.374 e. The van der Waals surface area contributed by atoms with E-state index in [0.29, 0.717) is 40.2 Å². The van der Waals surface area contributed by atoms with Crippen LogP contribution in [0.2, 0.25) is 0 Å². The minimum atomic E-state index is -0.600. The first kappa shape index (κ1) is 20.3. The highest BCUT2D eigenvalue weighted by Gasteiger charge is 2.23. The summed E-state index contributed by atoms with van der Waals surface area (Å²) in [5.41, 5.74) is 1.28. The molecular weight excluding hydrogens is 376 g/mol. The van der Waals surface area contributed by atoms with Crippen molar-refractivity contribution < 1.29 is 33.0 Å². The second-order valence-electron chi connectivity index (χ2n) is 6.00. The van der Waals surface area contributed by atoms with Crippen molar-refractivity contribution in [1.82, 2.24) is 0 Å². The maximum Gasteiger partial charge on any atom is 0.374 e. The highest BCUT2D eigenvalue weighted by atomic mass is 16.5. The molecule has 0 spiro atoms. The van der Waals surface area contributed by atoms with Gasteiger partial charge < -0.3 is 23.4 Å². The van der Waals surface area contributed by atoms with Crippen LogP contribution in [0.3, 0.4) is 0 Å². The number of hydrogen-bond donors (Lipinski definition) is 0. The van der Waals surface area contributed by atoms with Gasteiger partial charge in [0.2, 0.25) is 5.76 Å². The first-order valence-electron chi connectivity index (χ1n) is 9.24. The maximum absolute atomic E-state index is 12.6. The summed E-state index contributed by atoms with van der Waals surface area (Å²) in [7, 11) is 1.50. The number of methoxy groups -OCH3 is 1. The summed E-state index contributed by atoms with van der Waals surface area (Å²) in [6.45, 7) is 4.11. The molecule has 0 aliphatic carbocycles. The number of esters is 2. The van der Waals surface area contributed by atoms with Crippen LogP contribution in [0.25, 0.3) is 11.0 Å². The number of carbonyl (C=O) groups excluding carboxylic acids is 2. The SMILES string of the molecule is CCOC(=O)c1oc2ccccc2c1COC(=O)c1ccc(OCC)c(OC)c1. The normalized spacial score (nSPS) is 10.6. The van der Waals surface area contributed by atoms with E-state index < -0.39 is 11.9 Å². The fraction of sp³-hybridized carbons (Fsp3) is 0.273. The van der Waals surface area contributed by atoms with Gasteiger partial charge in [-0.15, -0.1) is 0 Å². The molecule has 0 bridgehead atoms.